The molecule has 1 aliphatic heterocycles. The van der Waals surface area contributed by atoms with Crippen molar-refractivity contribution in [3.8, 4) is 0 Å². The summed E-state index contributed by atoms with van der Waals surface area (Å²) < 4.78 is 0.831. The van der Waals surface area contributed by atoms with Gasteiger partial charge in [0, 0.05) is 22.6 Å². The van der Waals surface area contributed by atoms with Crippen molar-refractivity contribution in [1.82, 2.24) is 10.2 Å². The van der Waals surface area contributed by atoms with Gasteiger partial charge in [0.05, 0.1) is 5.02 Å². The van der Waals surface area contributed by atoms with Crippen LogP contribution in [0.3, 0.4) is 0 Å². The maximum Gasteiger partial charge on any atom is 0.254 e. The van der Waals surface area contributed by atoms with Crippen LogP contribution < -0.4 is 5.32 Å². The van der Waals surface area contributed by atoms with Gasteiger partial charge in [-0.25, -0.2) is 0 Å². The summed E-state index contributed by atoms with van der Waals surface area (Å²) in [5, 5.41) is 3.98. The number of hydrogen-bond acceptors (Lipinski definition) is 2. The Morgan fingerprint density at radius 2 is 2.00 bits per heavy atom. The molecule has 114 valence electrons. The van der Waals surface area contributed by atoms with Crippen LogP contribution in [0.5, 0.6) is 0 Å². The zero-order valence-corrected chi connectivity index (χ0v) is 14.3. The molecule has 0 bridgehead atoms. The number of rotatable bonds is 4. The maximum atomic E-state index is 12.8. The number of nitrogens with one attached hydrogen (secondary N) is 1. The maximum absolute atomic E-state index is 12.8. The van der Waals surface area contributed by atoms with Gasteiger partial charge in [-0.3, -0.25) is 4.79 Å². The molecule has 0 radical (unpaired) electrons. The van der Waals surface area contributed by atoms with E-state index in [1.54, 1.807) is 6.07 Å². The van der Waals surface area contributed by atoms with Gasteiger partial charge in [-0.2, -0.15) is 0 Å². The van der Waals surface area contributed by atoms with E-state index in [9.17, 15) is 4.79 Å². The Morgan fingerprint density at radius 3 is 2.62 bits per heavy atom. The van der Waals surface area contributed by atoms with Gasteiger partial charge < -0.3 is 10.2 Å². The minimum Gasteiger partial charge on any atom is -0.335 e. The van der Waals surface area contributed by atoms with Crippen LogP contribution >= 0.6 is 27.5 Å². The van der Waals surface area contributed by atoms with Crippen LogP contribution in [0.25, 0.3) is 0 Å². The first kappa shape index (κ1) is 15.3. The van der Waals surface area contributed by atoms with Gasteiger partial charge in [0.15, 0.2) is 0 Å². The smallest absolute Gasteiger partial charge is 0.254 e. The molecule has 2 fully saturated rings. The molecule has 3 nitrogen and oxygen atoms in total. The van der Waals surface area contributed by atoms with E-state index in [1.165, 1.54) is 0 Å². The van der Waals surface area contributed by atoms with E-state index in [0.717, 1.165) is 49.8 Å². The van der Waals surface area contributed by atoms with Crippen molar-refractivity contribution < 1.29 is 4.79 Å². The van der Waals surface area contributed by atoms with Crippen LogP contribution in [-0.2, 0) is 0 Å². The fourth-order valence-electron chi connectivity index (χ4n) is 2.92. The average molecular weight is 372 g/mol. The van der Waals surface area contributed by atoms with E-state index in [0.29, 0.717) is 22.5 Å². The zero-order chi connectivity index (χ0) is 14.8. The zero-order valence-electron chi connectivity index (χ0n) is 11.9. The Hall–Kier alpha value is -0.580. The number of carbonyl (C=O) groups excluding carboxylic acids is 1. The fraction of sp³-hybridized carbons (Fsp3) is 0.562. The molecule has 3 rings (SSSR count). The summed E-state index contributed by atoms with van der Waals surface area (Å²) in [6.45, 7) is 3.03. The monoisotopic (exact) mass is 370 g/mol. The van der Waals surface area contributed by atoms with Crippen LogP contribution in [0.15, 0.2) is 22.7 Å². The molecule has 21 heavy (non-hydrogen) atoms. The Bertz CT molecular complexity index is 527. The van der Waals surface area contributed by atoms with Gasteiger partial charge in [0.2, 0.25) is 0 Å². The summed E-state index contributed by atoms with van der Waals surface area (Å²) in [6, 6.07) is 5.92. The van der Waals surface area contributed by atoms with Crippen LogP contribution in [0.1, 0.15) is 36.0 Å². The second kappa shape index (κ2) is 6.67. The first-order valence-corrected chi connectivity index (χ1v) is 8.79. The molecule has 1 aliphatic carbocycles. The van der Waals surface area contributed by atoms with Crippen molar-refractivity contribution in [3.63, 3.8) is 0 Å². The lowest BCUT2D eigenvalue weighted by Gasteiger charge is -2.30. The Balaban J connectivity index is 1.73. The molecule has 1 aromatic carbocycles. The molecule has 5 heteroatoms. The van der Waals surface area contributed by atoms with Gasteiger partial charge in [-0.05, 0) is 78.8 Å². The molecule has 1 N–H and O–H groups in total. The average Bonchev–Trinajstić information content (AvgIpc) is 3.33. The molecule has 1 saturated heterocycles. The summed E-state index contributed by atoms with van der Waals surface area (Å²) in [7, 11) is 0. The highest BCUT2D eigenvalue weighted by molar-refractivity contribution is 9.10. The van der Waals surface area contributed by atoms with E-state index >= 15 is 0 Å². The molecule has 2 aliphatic rings. The van der Waals surface area contributed by atoms with Crippen molar-refractivity contribution in [1.29, 1.82) is 0 Å². The van der Waals surface area contributed by atoms with Gasteiger partial charge >= 0.3 is 0 Å². The standard InChI is InChI=1S/C16H20BrClN2O/c17-14-4-1-12(9-15(14)18)16(21)20(13-2-3-13)10-11-5-7-19-8-6-11/h1,4,9,11,13,19H,2-3,5-8,10H2. The predicted octanol–water partition coefficient (Wildman–Crippen LogP) is 3.71. The van der Waals surface area contributed by atoms with Crippen molar-refractivity contribution in [2.24, 2.45) is 5.92 Å². The van der Waals surface area contributed by atoms with E-state index in [-0.39, 0.29) is 5.91 Å². The molecule has 1 aromatic rings. The summed E-state index contributed by atoms with van der Waals surface area (Å²) in [6.07, 6.45) is 4.61. The van der Waals surface area contributed by atoms with E-state index < -0.39 is 0 Å². The molecule has 0 aromatic heterocycles. The van der Waals surface area contributed by atoms with Crippen LogP contribution in [0.2, 0.25) is 5.02 Å². The molecular weight excluding hydrogens is 352 g/mol. The second-order valence-corrected chi connectivity index (χ2v) is 7.27. The van der Waals surface area contributed by atoms with Gasteiger partial charge in [-0.1, -0.05) is 11.6 Å². The summed E-state index contributed by atoms with van der Waals surface area (Å²) in [5.74, 6) is 0.757. The first-order valence-electron chi connectivity index (χ1n) is 7.62. The van der Waals surface area contributed by atoms with Crippen LogP contribution in [0, 0.1) is 5.92 Å². The second-order valence-electron chi connectivity index (χ2n) is 6.01. The van der Waals surface area contributed by atoms with Crippen molar-refractivity contribution >= 4 is 33.4 Å². The Kier molecular flexibility index (Phi) is 4.87. The molecule has 1 heterocycles. The molecule has 0 unspecified atom stereocenters. The van der Waals surface area contributed by atoms with Crippen molar-refractivity contribution in [3.05, 3.63) is 33.3 Å². The van der Waals surface area contributed by atoms with Gasteiger partial charge in [0.25, 0.3) is 5.91 Å². The predicted molar refractivity (Wildman–Crippen MR) is 88.8 cm³/mol. The van der Waals surface area contributed by atoms with Crippen LogP contribution in [0.4, 0.5) is 0 Å². The summed E-state index contributed by atoms with van der Waals surface area (Å²) >= 11 is 9.50. The first-order chi connectivity index (χ1) is 10.1. The highest BCUT2D eigenvalue weighted by atomic mass is 79.9. The third kappa shape index (κ3) is 3.79. The highest BCUT2D eigenvalue weighted by Gasteiger charge is 2.34. The summed E-state index contributed by atoms with van der Waals surface area (Å²) in [4.78, 5) is 14.9. The molecule has 1 saturated carbocycles. The normalized spacial score (nSPS) is 19.5. The number of piperidine rings is 1. The van der Waals surface area contributed by atoms with Gasteiger partial charge in [-0.15, -0.1) is 0 Å². The lowest BCUT2D eigenvalue weighted by molar-refractivity contribution is 0.0701. The number of nitrogens with zero attached hydrogens (tertiary/aromatic N) is 1. The van der Waals surface area contributed by atoms with E-state index in [2.05, 4.69) is 26.1 Å². The molecular formula is C16H20BrClN2O. The SMILES string of the molecule is O=C(c1ccc(Br)c(Cl)c1)N(CC1CCNCC1)C1CC1. The lowest BCUT2D eigenvalue weighted by atomic mass is 9.97. The molecule has 1 amide bonds. The number of halogens is 2. The van der Waals surface area contributed by atoms with E-state index in [1.807, 2.05) is 12.1 Å². The third-order valence-electron chi connectivity index (χ3n) is 4.33. The molecule has 0 atom stereocenters. The topological polar surface area (TPSA) is 32.3 Å². The van der Waals surface area contributed by atoms with Crippen LogP contribution in [-0.4, -0.2) is 36.5 Å². The van der Waals surface area contributed by atoms with Gasteiger partial charge in [0.1, 0.15) is 0 Å². The lowest BCUT2D eigenvalue weighted by Crippen LogP contribution is -2.40. The Morgan fingerprint density at radius 1 is 1.29 bits per heavy atom. The summed E-state index contributed by atoms with van der Waals surface area (Å²) in [5.41, 5.74) is 0.698. The number of benzene rings is 1. The third-order valence-corrected chi connectivity index (χ3v) is 5.56. The quantitative estimate of drug-likeness (QED) is 0.875. The molecule has 0 spiro atoms. The minimum atomic E-state index is 0.130. The highest BCUT2D eigenvalue weighted by Crippen LogP contribution is 2.31. The number of amides is 1. The van der Waals surface area contributed by atoms with E-state index in [4.69, 9.17) is 11.6 Å². The van der Waals surface area contributed by atoms with Crippen molar-refractivity contribution in [2.75, 3.05) is 19.6 Å². The number of carbonyl (C=O) groups is 1. The fourth-order valence-corrected chi connectivity index (χ4v) is 3.35. The minimum absolute atomic E-state index is 0.130. The Labute approximate surface area is 139 Å². The largest absolute Gasteiger partial charge is 0.335 e. The number of hydrogen-bond donors (Lipinski definition) is 1. The van der Waals surface area contributed by atoms with Crippen molar-refractivity contribution in [2.45, 2.75) is 31.7 Å².